The number of amides is 1. The highest BCUT2D eigenvalue weighted by Crippen LogP contribution is 2.31. The van der Waals surface area contributed by atoms with E-state index in [2.05, 4.69) is 10.4 Å². The largest absolute Gasteiger partial charge is 0.396 e. The second-order valence-electron chi connectivity index (χ2n) is 5.14. The van der Waals surface area contributed by atoms with E-state index in [0.29, 0.717) is 5.69 Å². The first-order valence-electron chi connectivity index (χ1n) is 7.15. The van der Waals surface area contributed by atoms with Gasteiger partial charge in [0.1, 0.15) is 0 Å². The van der Waals surface area contributed by atoms with Gasteiger partial charge in [-0.3, -0.25) is 9.48 Å². The number of nitrogens with two attached hydrogens (primary N) is 1. The maximum absolute atomic E-state index is 12.8. The number of hydrogen-bond donors (Lipinski definition) is 2. The molecule has 24 heavy (non-hydrogen) atoms. The molecule has 3 rings (SSSR count). The molecule has 0 spiro atoms. The predicted molar refractivity (Wildman–Crippen MR) is 96.3 cm³/mol. The van der Waals surface area contributed by atoms with E-state index in [1.807, 2.05) is 30.3 Å². The molecule has 3 N–H and O–H groups in total. The average Bonchev–Trinajstić information content (AvgIpc) is 3.08. The molecule has 0 aliphatic carbocycles. The van der Waals surface area contributed by atoms with Gasteiger partial charge in [0, 0.05) is 18.1 Å². The van der Waals surface area contributed by atoms with Crippen LogP contribution in [0, 0.1) is 0 Å². The minimum atomic E-state index is -0.615. The van der Waals surface area contributed by atoms with Gasteiger partial charge in [-0.05, 0) is 23.8 Å². The van der Waals surface area contributed by atoms with Gasteiger partial charge in [0.2, 0.25) is 0 Å². The lowest BCUT2D eigenvalue weighted by Gasteiger charge is -2.18. The molecule has 0 aliphatic heterocycles. The van der Waals surface area contributed by atoms with Crippen LogP contribution in [0.25, 0.3) is 0 Å². The van der Waals surface area contributed by atoms with Gasteiger partial charge in [-0.15, -0.1) is 0 Å². The van der Waals surface area contributed by atoms with E-state index in [1.54, 1.807) is 35.3 Å². The van der Waals surface area contributed by atoms with Crippen LogP contribution in [0.5, 0.6) is 0 Å². The molecule has 0 radical (unpaired) electrons. The molecule has 1 amide bonds. The van der Waals surface area contributed by atoms with Crippen molar-refractivity contribution < 1.29 is 4.79 Å². The van der Waals surface area contributed by atoms with E-state index >= 15 is 0 Å². The predicted octanol–water partition coefficient (Wildman–Crippen LogP) is 4.00. The van der Waals surface area contributed by atoms with Crippen molar-refractivity contribution in [2.24, 2.45) is 0 Å². The molecule has 0 aliphatic rings. The number of carbonyl (C=O) groups is 1. The number of benzene rings is 2. The zero-order valence-corrected chi connectivity index (χ0v) is 14.0. The molecule has 0 fully saturated rings. The van der Waals surface area contributed by atoms with Gasteiger partial charge in [0.05, 0.1) is 15.7 Å². The van der Waals surface area contributed by atoms with E-state index < -0.39 is 6.04 Å². The first-order chi connectivity index (χ1) is 11.6. The van der Waals surface area contributed by atoms with Crippen LogP contribution in [0.1, 0.15) is 11.6 Å². The van der Waals surface area contributed by atoms with Gasteiger partial charge in [-0.25, -0.2) is 0 Å². The molecule has 122 valence electrons. The third-order valence-electron chi connectivity index (χ3n) is 3.50. The minimum Gasteiger partial charge on any atom is -0.396 e. The van der Waals surface area contributed by atoms with Gasteiger partial charge < -0.3 is 11.1 Å². The lowest BCUT2D eigenvalue weighted by Crippen LogP contribution is -2.27. The molecule has 7 heteroatoms. The number of halogens is 2. The van der Waals surface area contributed by atoms with Crippen LogP contribution < -0.4 is 11.1 Å². The Morgan fingerprint density at radius 3 is 2.38 bits per heavy atom. The van der Waals surface area contributed by atoms with Crippen molar-refractivity contribution in [2.75, 3.05) is 11.1 Å². The summed E-state index contributed by atoms with van der Waals surface area (Å²) in [6.45, 7) is 0. The Balaban J connectivity index is 1.93. The highest BCUT2D eigenvalue weighted by atomic mass is 35.5. The van der Waals surface area contributed by atoms with E-state index in [4.69, 9.17) is 28.9 Å². The first kappa shape index (κ1) is 16.4. The van der Waals surface area contributed by atoms with Gasteiger partial charge >= 0.3 is 0 Å². The molecule has 3 aromatic rings. The molecular weight excluding hydrogens is 347 g/mol. The lowest BCUT2D eigenvalue weighted by atomic mass is 10.1. The molecule has 1 aromatic heterocycles. The van der Waals surface area contributed by atoms with E-state index in [9.17, 15) is 4.79 Å². The van der Waals surface area contributed by atoms with Crippen LogP contribution in [0.3, 0.4) is 0 Å². The Bertz CT molecular complexity index is 827. The Morgan fingerprint density at radius 2 is 1.79 bits per heavy atom. The topological polar surface area (TPSA) is 72.9 Å². The van der Waals surface area contributed by atoms with Gasteiger partial charge in [0.25, 0.3) is 5.91 Å². The quantitative estimate of drug-likeness (QED) is 0.690. The number of nitrogens with one attached hydrogen (secondary N) is 1. The van der Waals surface area contributed by atoms with Gasteiger partial charge in [-0.2, -0.15) is 5.10 Å². The van der Waals surface area contributed by atoms with Crippen molar-refractivity contribution in [3.05, 3.63) is 76.5 Å². The molecule has 1 heterocycles. The van der Waals surface area contributed by atoms with Crippen molar-refractivity contribution in [1.82, 2.24) is 9.78 Å². The standard InChI is InChI=1S/C17H14Cl2N4O/c18-13-9-12(10-14(19)15(13)20)22-17(24)16(23-8-4-7-21-23)11-5-2-1-3-6-11/h1-10,16H,20H2,(H,22,24)/t16-/m1/s1. The molecule has 1 atom stereocenters. The Kier molecular flexibility index (Phi) is 4.74. The number of aromatic nitrogens is 2. The van der Waals surface area contributed by atoms with Crippen molar-refractivity contribution in [3.8, 4) is 0 Å². The third kappa shape index (κ3) is 3.37. The van der Waals surface area contributed by atoms with Crippen LogP contribution in [0.4, 0.5) is 11.4 Å². The zero-order chi connectivity index (χ0) is 17.1. The smallest absolute Gasteiger partial charge is 0.253 e. The van der Waals surface area contributed by atoms with Crippen LogP contribution in [0.2, 0.25) is 10.0 Å². The van der Waals surface area contributed by atoms with Crippen molar-refractivity contribution in [3.63, 3.8) is 0 Å². The maximum atomic E-state index is 12.8. The van der Waals surface area contributed by atoms with Crippen LogP contribution in [-0.2, 0) is 4.79 Å². The van der Waals surface area contributed by atoms with Crippen LogP contribution in [-0.4, -0.2) is 15.7 Å². The third-order valence-corrected chi connectivity index (χ3v) is 4.13. The molecule has 5 nitrogen and oxygen atoms in total. The minimum absolute atomic E-state index is 0.262. The second kappa shape index (κ2) is 6.95. The highest BCUT2D eigenvalue weighted by molar-refractivity contribution is 6.39. The summed E-state index contributed by atoms with van der Waals surface area (Å²) < 4.78 is 1.59. The summed E-state index contributed by atoms with van der Waals surface area (Å²) in [5.74, 6) is -0.262. The molecule has 0 saturated carbocycles. The SMILES string of the molecule is Nc1c(Cl)cc(NC(=O)[C@@H](c2ccccc2)n2cccn2)cc1Cl. The first-order valence-corrected chi connectivity index (χ1v) is 7.91. The molecule has 2 aromatic carbocycles. The monoisotopic (exact) mass is 360 g/mol. The summed E-state index contributed by atoms with van der Waals surface area (Å²) in [7, 11) is 0. The van der Waals surface area contributed by atoms with E-state index in [0.717, 1.165) is 5.56 Å². The summed E-state index contributed by atoms with van der Waals surface area (Å²) in [5, 5.41) is 7.57. The molecular formula is C17H14Cl2N4O. The summed E-state index contributed by atoms with van der Waals surface area (Å²) in [4.78, 5) is 12.8. The Morgan fingerprint density at radius 1 is 1.12 bits per heavy atom. The molecule has 0 bridgehead atoms. The fraction of sp³-hybridized carbons (Fsp3) is 0.0588. The van der Waals surface area contributed by atoms with Crippen molar-refractivity contribution >= 4 is 40.5 Å². The van der Waals surface area contributed by atoms with Crippen molar-refractivity contribution in [1.29, 1.82) is 0 Å². The number of nitrogen functional groups attached to an aromatic ring is 1. The van der Waals surface area contributed by atoms with Gasteiger partial charge in [-0.1, -0.05) is 53.5 Å². The normalized spacial score (nSPS) is 11.9. The highest BCUT2D eigenvalue weighted by Gasteiger charge is 2.23. The van der Waals surface area contributed by atoms with Gasteiger partial charge in [0.15, 0.2) is 6.04 Å². The van der Waals surface area contributed by atoms with Crippen LogP contribution in [0.15, 0.2) is 60.9 Å². The maximum Gasteiger partial charge on any atom is 0.253 e. The lowest BCUT2D eigenvalue weighted by molar-refractivity contribution is -0.118. The van der Waals surface area contributed by atoms with E-state index in [1.165, 1.54) is 0 Å². The zero-order valence-electron chi connectivity index (χ0n) is 12.5. The number of carbonyl (C=O) groups excluding carboxylic acids is 1. The summed E-state index contributed by atoms with van der Waals surface area (Å²) in [6.07, 6.45) is 3.36. The van der Waals surface area contributed by atoms with Crippen LogP contribution >= 0.6 is 23.2 Å². The van der Waals surface area contributed by atoms with Crippen molar-refractivity contribution in [2.45, 2.75) is 6.04 Å². The summed E-state index contributed by atoms with van der Waals surface area (Å²) in [6, 6.07) is 13.6. The van der Waals surface area contributed by atoms with E-state index in [-0.39, 0.29) is 21.6 Å². The number of hydrogen-bond acceptors (Lipinski definition) is 3. The number of anilines is 2. The summed E-state index contributed by atoms with van der Waals surface area (Å²) >= 11 is 12.0. The number of nitrogens with zero attached hydrogens (tertiary/aromatic N) is 2. The fourth-order valence-electron chi connectivity index (χ4n) is 2.36. The molecule has 0 saturated heterocycles. The Labute approximate surface area is 149 Å². The molecule has 0 unspecified atom stereocenters. The number of rotatable bonds is 4. The average molecular weight is 361 g/mol. The summed E-state index contributed by atoms with van der Waals surface area (Å²) in [5.41, 5.74) is 7.28. The fourth-order valence-corrected chi connectivity index (χ4v) is 2.85. The Hall–Kier alpha value is -2.50. The second-order valence-corrected chi connectivity index (χ2v) is 5.96.